The van der Waals surface area contributed by atoms with Crippen LogP contribution >= 0.6 is 11.3 Å². The van der Waals surface area contributed by atoms with Crippen molar-refractivity contribution in [3.8, 4) is 11.5 Å². The van der Waals surface area contributed by atoms with Crippen molar-refractivity contribution in [2.45, 2.75) is 13.0 Å². The number of halogens is 1. The number of ether oxygens (including phenoxy) is 4. The first kappa shape index (κ1) is 31.9. The van der Waals surface area contributed by atoms with Crippen molar-refractivity contribution in [1.29, 1.82) is 0 Å². The van der Waals surface area contributed by atoms with E-state index in [1.807, 2.05) is 30.3 Å². The third kappa shape index (κ3) is 6.74. The minimum absolute atomic E-state index is 0.119. The van der Waals surface area contributed by atoms with Crippen molar-refractivity contribution < 1.29 is 32.9 Å². The van der Waals surface area contributed by atoms with Crippen LogP contribution in [0.2, 0.25) is 0 Å². The summed E-state index contributed by atoms with van der Waals surface area (Å²) >= 11 is 1.17. The maximum absolute atomic E-state index is 14.1. The Morgan fingerprint density at radius 2 is 1.79 bits per heavy atom. The summed E-state index contributed by atoms with van der Waals surface area (Å²) in [6.45, 7) is 3.71. The van der Waals surface area contributed by atoms with Crippen LogP contribution in [0, 0.1) is 5.82 Å². The number of rotatable bonds is 9. The van der Waals surface area contributed by atoms with E-state index in [4.69, 9.17) is 23.9 Å². The average Bonchev–Trinajstić information content (AvgIpc) is 3.41. The fourth-order valence-electron chi connectivity index (χ4n) is 5.49. The molecule has 1 saturated heterocycles. The Morgan fingerprint density at radius 1 is 1.04 bits per heavy atom. The van der Waals surface area contributed by atoms with Gasteiger partial charge in [-0.15, -0.1) is 0 Å². The lowest BCUT2D eigenvalue weighted by atomic mass is 9.93. The molecule has 12 heteroatoms. The van der Waals surface area contributed by atoms with E-state index in [1.165, 1.54) is 35.1 Å². The Balaban J connectivity index is 1.42. The van der Waals surface area contributed by atoms with E-state index in [9.17, 15) is 18.8 Å². The van der Waals surface area contributed by atoms with Crippen molar-refractivity contribution in [3.05, 3.63) is 121 Å². The fourth-order valence-corrected chi connectivity index (χ4v) is 6.49. The van der Waals surface area contributed by atoms with Crippen LogP contribution in [0.3, 0.4) is 0 Å². The van der Waals surface area contributed by atoms with Gasteiger partial charge in [0.25, 0.3) is 11.5 Å². The van der Waals surface area contributed by atoms with Gasteiger partial charge in [0.1, 0.15) is 5.82 Å². The summed E-state index contributed by atoms with van der Waals surface area (Å²) in [6.07, 6.45) is 1.70. The lowest BCUT2D eigenvalue weighted by Gasteiger charge is -2.26. The molecule has 242 valence electrons. The highest BCUT2D eigenvalue weighted by Crippen LogP contribution is 2.35. The number of carbonyl (C=O) groups is 2. The van der Waals surface area contributed by atoms with Crippen LogP contribution in [0.5, 0.6) is 11.5 Å². The van der Waals surface area contributed by atoms with Crippen LogP contribution in [-0.2, 0) is 19.1 Å². The number of hydrogen-bond donors (Lipinski definition) is 0. The van der Waals surface area contributed by atoms with Crippen molar-refractivity contribution in [2.24, 2.45) is 4.99 Å². The molecule has 1 aromatic heterocycles. The number of esters is 1. The van der Waals surface area contributed by atoms with E-state index in [0.717, 1.165) is 0 Å². The molecular formula is C35H32FN3O7S. The number of hydrogen-bond acceptors (Lipinski definition) is 9. The molecule has 0 aliphatic carbocycles. The fraction of sp³-hybridized carbons (Fsp3) is 0.257. The van der Waals surface area contributed by atoms with Crippen LogP contribution in [0.25, 0.3) is 11.8 Å². The normalized spacial score (nSPS) is 16.4. The van der Waals surface area contributed by atoms with Crippen LogP contribution in [0.15, 0.2) is 88.2 Å². The standard InChI is InChI=1S/C35H32FN3O7S/c1-3-45-34(42)30-31(23-7-5-4-6-8-23)37-35-39(32(30)24-10-12-25(36)13-11-24)33(41)28(47-35)20-22-9-14-26(27(19-22)43-2)46-21-29(40)38-15-17-44-18-16-38/h4-14,19-20,32H,3,15-18,21H2,1-2H3/b28-20+/t32-/m0/s1. The zero-order valence-corrected chi connectivity index (χ0v) is 26.6. The van der Waals surface area contributed by atoms with Gasteiger partial charge in [-0.2, -0.15) is 0 Å². The Labute approximate surface area is 273 Å². The van der Waals surface area contributed by atoms with Gasteiger partial charge in [0.15, 0.2) is 22.9 Å². The zero-order valence-electron chi connectivity index (χ0n) is 25.8. The van der Waals surface area contributed by atoms with Gasteiger partial charge in [-0.3, -0.25) is 14.2 Å². The quantitative estimate of drug-likeness (QED) is 0.254. The van der Waals surface area contributed by atoms with E-state index in [1.54, 1.807) is 48.2 Å². The molecule has 47 heavy (non-hydrogen) atoms. The van der Waals surface area contributed by atoms with Crippen molar-refractivity contribution >= 4 is 35.0 Å². The largest absolute Gasteiger partial charge is 0.493 e. The predicted molar refractivity (Wildman–Crippen MR) is 173 cm³/mol. The molecular weight excluding hydrogens is 625 g/mol. The molecule has 6 rings (SSSR count). The second-order valence-electron chi connectivity index (χ2n) is 10.7. The Kier molecular flexibility index (Phi) is 9.60. The van der Waals surface area contributed by atoms with Crippen LogP contribution in [-0.4, -0.2) is 68.0 Å². The molecule has 1 fully saturated rings. The first-order valence-corrected chi connectivity index (χ1v) is 15.9. The zero-order chi connectivity index (χ0) is 32.9. The van der Waals surface area contributed by atoms with Gasteiger partial charge in [-0.05, 0) is 48.4 Å². The molecule has 0 saturated carbocycles. The van der Waals surface area contributed by atoms with E-state index >= 15 is 0 Å². The minimum atomic E-state index is -0.919. The number of morpholine rings is 1. The summed E-state index contributed by atoms with van der Waals surface area (Å²) < 4.78 is 37.9. The second kappa shape index (κ2) is 14.1. The van der Waals surface area contributed by atoms with Crippen molar-refractivity contribution in [1.82, 2.24) is 9.47 Å². The number of methoxy groups -OCH3 is 1. The van der Waals surface area contributed by atoms with Gasteiger partial charge in [0.05, 0.1) is 48.8 Å². The number of thiazole rings is 1. The molecule has 2 aliphatic rings. The number of benzene rings is 3. The highest BCUT2D eigenvalue weighted by Gasteiger charge is 2.35. The second-order valence-corrected chi connectivity index (χ2v) is 11.7. The molecule has 0 spiro atoms. The van der Waals surface area contributed by atoms with Crippen LogP contribution in [0.4, 0.5) is 4.39 Å². The van der Waals surface area contributed by atoms with Crippen LogP contribution in [0.1, 0.15) is 29.7 Å². The summed E-state index contributed by atoms with van der Waals surface area (Å²) in [6, 6.07) is 19.1. The maximum Gasteiger partial charge on any atom is 0.338 e. The molecule has 0 bridgehead atoms. The minimum Gasteiger partial charge on any atom is -0.493 e. The summed E-state index contributed by atoms with van der Waals surface area (Å²) in [5.41, 5.74) is 2.02. The number of aromatic nitrogens is 1. The highest BCUT2D eigenvalue weighted by atomic mass is 32.1. The summed E-state index contributed by atoms with van der Waals surface area (Å²) in [5.74, 6) is -0.436. The molecule has 4 aromatic rings. The SMILES string of the molecule is CCOC(=O)C1=C(c2ccccc2)N=c2s/c(=C/c3ccc(OCC(=O)N4CCOCC4)c(OC)c3)c(=O)n2[C@H]1c1ccc(F)cc1. The third-order valence-electron chi connectivity index (χ3n) is 7.76. The molecule has 10 nitrogen and oxygen atoms in total. The molecule has 1 amide bonds. The first-order valence-electron chi connectivity index (χ1n) is 15.1. The van der Waals surface area contributed by atoms with Gasteiger partial charge < -0.3 is 23.8 Å². The third-order valence-corrected chi connectivity index (χ3v) is 8.74. The molecule has 2 aliphatic heterocycles. The number of carbonyl (C=O) groups excluding carboxylic acids is 2. The number of fused-ring (bicyclic) bond motifs is 1. The highest BCUT2D eigenvalue weighted by molar-refractivity contribution is 7.07. The Hall–Kier alpha value is -5.07. The summed E-state index contributed by atoms with van der Waals surface area (Å²) in [5, 5.41) is 0. The first-order chi connectivity index (χ1) is 22.9. The van der Waals surface area contributed by atoms with Crippen LogP contribution < -0.4 is 24.4 Å². The lowest BCUT2D eigenvalue weighted by molar-refractivity contribution is -0.139. The molecule has 0 radical (unpaired) electrons. The van der Waals surface area contributed by atoms with Gasteiger partial charge >= 0.3 is 5.97 Å². The van der Waals surface area contributed by atoms with E-state index in [0.29, 0.717) is 69.5 Å². The summed E-state index contributed by atoms with van der Waals surface area (Å²) in [4.78, 5) is 47.1. The Bertz CT molecular complexity index is 2000. The van der Waals surface area contributed by atoms with Gasteiger partial charge in [-0.25, -0.2) is 14.2 Å². The van der Waals surface area contributed by atoms with Gasteiger partial charge in [-0.1, -0.05) is 59.9 Å². The predicted octanol–water partition coefficient (Wildman–Crippen LogP) is 3.32. The topological polar surface area (TPSA) is 109 Å². The maximum atomic E-state index is 14.1. The lowest BCUT2D eigenvalue weighted by Crippen LogP contribution is -2.43. The molecule has 3 aromatic carbocycles. The average molecular weight is 658 g/mol. The van der Waals surface area contributed by atoms with E-state index < -0.39 is 17.8 Å². The van der Waals surface area contributed by atoms with E-state index in [-0.39, 0.29) is 30.3 Å². The van der Waals surface area contributed by atoms with E-state index in [2.05, 4.69) is 0 Å². The number of amides is 1. The molecule has 1 atom stereocenters. The Morgan fingerprint density at radius 3 is 2.49 bits per heavy atom. The number of nitrogens with zero attached hydrogens (tertiary/aromatic N) is 3. The van der Waals surface area contributed by atoms with Gasteiger partial charge in [0, 0.05) is 18.7 Å². The van der Waals surface area contributed by atoms with Gasteiger partial charge in [0.2, 0.25) is 0 Å². The molecule has 0 N–H and O–H groups in total. The smallest absolute Gasteiger partial charge is 0.338 e. The molecule has 0 unspecified atom stereocenters. The summed E-state index contributed by atoms with van der Waals surface area (Å²) in [7, 11) is 1.49. The monoisotopic (exact) mass is 657 g/mol. The molecule has 3 heterocycles. The van der Waals surface area contributed by atoms with Crippen molar-refractivity contribution in [3.63, 3.8) is 0 Å². The van der Waals surface area contributed by atoms with Crippen molar-refractivity contribution in [2.75, 3.05) is 46.6 Å².